The van der Waals surface area contributed by atoms with Gasteiger partial charge in [0.05, 0.1) is 12.1 Å². The Morgan fingerprint density at radius 1 is 1.16 bits per heavy atom. The smallest absolute Gasteiger partial charge is 0.254 e. The summed E-state index contributed by atoms with van der Waals surface area (Å²) in [5.41, 5.74) is 0.942. The molecule has 2 aromatic rings. The third-order valence-electron chi connectivity index (χ3n) is 4.90. The van der Waals surface area contributed by atoms with Crippen LogP contribution in [0.2, 0.25) is 0 Å². The quantitative estimate of drug-likeness (QED) is 0.518. The van der Waals surface area contributed by atoms with Crippen molar-refractivity contribution in [2.45, 2.75) is 51.5 Å². The van der Waals surface area contributed by atoms with Gasteiger partial charge in [-0.25, -0.2) is 9.37 Å². The Balaban J connectivity index is 1.51. The second-order valence-corrected chi connectivity index (χ2v) is 8.46. The third-order valence-corrected chi connectivity index (χ3v) is 5.70. The van der Waals surface area contributed by atoms with E-state index in [2.05, 4.69) is 22.5 Å². The van der Waals surface area contributed by atoms with E-state index in [0.717, 1.165) is 32.1 Å². The Hall–Kier alpha value is -2.81. The summed E-state index contributed by atoms with van der Waals surface area (Å²) in [5, 5.41) is 7.70. The van der Waals surface area contributed by atoms with Crippen molar-refractivity contribution < 1.29 is 18.8 Å². The molecule has 0 saturated heterocycles. The number of anilines is 1. The molecule has 31 heavy (non-hydrogen) atoms. The first kappa shape index (κ1) is 22.9. The number of carbonyl (C=O) groups is 3. The van der Waals surface area contributed by atoms with Crippen LogP contribution in [0, 0.1) is 5.82 Å². The van der Waals surface area contributed by atoms with Crippen LogP contribution in [-0.4, -0.2) is 46.7 Å². The molecular weight excluding hydrogens is 419 g/mol. The SMILES string of the molecule is CCCCCNC(=O)Cc1csc(NC(=O)CN(C(=O)c2ccc(F)cc2)C2CC2)n1. The summed E-state index contributed by atoms with van der Waals surface area (Å²) in [6.45, 7) is 2.66. The Kier molecular flexibility index (Phi) is 8.11. The summed E-state index contributed by atoms with van der Waals surface area (Å²) in [4.78, 5) is 43.0. The molecule has 0 unspecified atom stereocenters. The lowest BCUT2D eigenvalue weighted by molar-refractivity contribution is -0.120. The maximum atomic E-state index is 13.1. The van der Waals surface area contributed by atoms with Gasteiger partial charge < -0.3 is 15.5 Å². The van der Waals surface area contributed by atoms with Crippen molar-refractivity contribution in [3.05, 3.63) is 46.7 Å². The lowest BCUT2D eigenvalue weighted by atomic mass is 10.2. The van der Waals surface area contributed by atoms with Gasteiger partial charge in [0.2, 0.25) is 11.8 Å². The van der Waals surface area contributed by atoms with Crippen molar-refractivity contribution in [3.8, 4) is 0 Å². The minimum absolute atomic E-state index is 0.0200. The second-order valence-electron chi connectivity index (χ2n) is 7.60. The summed E-state index contributed by atoms with van der Waals surface area (Å²) in [6.07, 6.45) is 4.97. The highest BCUT2D eigenvalue weighted by atomic mass is 32.1. The average molecular weight is 447 g/mol. The van der Waals surface area contributed by atoms with Crippen molar-refractivity contribution in [3.63, 3.8) is 0 Å². The number of amides is 3. The minimum atomic E-state index is -0.415. The Morgan fingerprint density at radius 2 is 1.90 bits per heavy atom. The molecule has 3 amide bonds. The number of halogens is 1. The van der Waals surface area contributed by atoms with Crippen molar-refractivity contribution in [2.75, 3.05) is 18.4 Å². The van der Waals surface area contributed by atoms with Crippen LogP contribution in [0.25, 0.3) is 0 Å². The number of carbonyl (C=O) groups excluding carboxylic acids is 3. The Morgan fingerprint density at radius 3 is 2.58 bits per heavy atom. The molecule has 9 heteroatoms. The molecule has 0 bridgehead atoms. The van der Waals surface area contributed by atoms with E-state index in [9.17, 15) is 18.8 Å². The van der Waals surface area contributed by atoms with Gasteiger partial charge in [-0.2, -0.15) is 0 Å². The molecule has 1 aromatic carbocycles. The van der Waals surface area contributed by atoms with E-state index in [1.807, 2.05) is 0 Å². The van der Waals surface area contributed by atoms with Crippen LogP contribution in [-0.2, 0) is 16.0 Å². The Bertz CT molecular complexity index is 912. The molecule has 1 saturated carbocycles. The van der Waals surface area contributed by atoms with Crippen LogP contribution in [0.5, 0.6) is 0 Å². The number of hydrogen-bond acceptors (Lipinski definition) is 5. The van der Waals surface area contributed by atoms with Gasteiger partial charge in [-0.3, -0.25) is 14.4 Å². The molecule has 0 radical (unpaired) electrons. The van der Waals surface area contributed by atoms with Gasteiger partial charge in [0.15, 0.2) is 5.13 Å². The van der Waals surface area contributed by atoms with Gasteiger partial charge >= 0.3 is 0 Å². The number of nitrogens with zero attached hydrogens (tertiary/aromatic N) is 2. The zero-order valence-electron chi connectivity index (χ0n) is 17.5. The van der Waals surface area contributed by atoms with Gasteiger partial charge in [-0.05, 0) is 43.5 Å². The number of benzene rings is 1. The number of hydrogen-bond donors (Lipinski definition) is 2. The van der Waals surface area contributed by atoms with E-state index in [1.54, 1.807) is 5.38 Å². The number of rotatable bonds is 11. The summed E-state index contributed by atoms with van der Waals surface area (Å²) in [5.74, 6) is -1.16. The van der Waals surface area contributed by atoms with Crippen molar-refractivity contribution in [1.82, 2.24) is 15.2 Å². The highest BCUT2D eigenvalue weighted by Crippen LogP contribution is 2.28. The van der Waals surface area contributed by atoms with Crippen LogP contribution in [0.4, 0.5) is 9.52 Å². The predicted molar refractivity (Wildman–Crippen MR) is 117 cm³/mol. The second kappa shape index (κ2) is 11.0. The van der Waals surface area contributed by atoms with E-state index in [4.69, 9.17) is 0 Å². The van der Waals surface area contributed by atoms with Gasteiger partial charge in [0, 0.05) is 23.5 Å². The van der Waals surface area contributed by atoms with Gasteiger partial charge in [0.25, 0.3) is 5.91 Å². The zero-order chi connectivity index (χ0) is 22.2. The normalized spacial score (nSPS) is 13.0. The number of unbranched alkanes of at least 4 members (excludes halogenated alkanes) is 2. The molecule has 2 N–H and O–H groups in total. The molecule has 1 aliphatic carbocycles. The fourth-order valence-corrected chi connectivity index (χ4v) is 3.83. The van der Waals surface area contributed by atoms with E-state index < -0.39 is 5.82 Å². The molecule has 1 heterocycles. The lowest BCUT2D eigenvalue weighted by Gasteiger charge is -2.21. The van der Waals surface area contributed by atoms with Crippen molar-refractivity contribution >= 4 is 34.2 Å². The van der Waals surface area contributed by atoms with Gasteiger partial charge in [0.1, 0.15) is 12.4 Å². The number of thiazole rings is 1. The zero-order valence-corrected chi connectivity index (χ0v) is 18.3. The first-order valence-corrected chi connectivity index (χ1v) is 11.4. The van der Waals surface area contributed by atoms with Crippen LogP contribution >= 0.6 is 11.3 Å². The van der Waals surface area contributed by atoms with Crippen molar-refractivity contribution in [1.29, 1.82) is 0 Å². The lowest BCUT2D eigenvalue weighted by Crippen LogP contribution is -2.39. The van der Waals surface area contributed by atoms with E-state index in [-0.39, 0.29) is 36.7 Å². The highest BCUT2D eigenvalue weighted by Gasteiger charge is 2.34. The molecule has 1 fully saturated rings. The number of aromatic nitrogens is 1. The van der Waals surface area contributed by atoms with E-state index in [0.29, 0.717) is 22.9 Å². The van der Waals surface area contributed by atoms with Gasteiger partial charge in [-0.1, -0.05) is 19.8 Å². The fourth-order valence-electron chi connectivity index (χ4n) is 3.10. The molecule has 0 spiro atoms. The molecule has 166 valence electrons. The fraction of sp³-hybridized carbons (Fsp3) is 0.455. The van der Waals surface area contributed by atoms with Gasteiger partial charge in [-0.15, -0.1) is 11.3 Å². The first-order valence-electron chi connectivity index (χ1n) is 10.5. The summed E-state index contributed by atoms with van der Waals surface area (Å²) < 4.78 is 13.1. The molecule has 1 aromatic heterocycles. The third kappa shape index (κ3) is 7.13. The molecular formula is C22H27FN4O3S. The van der Waals surface area contributed by atoms with Crippen molar-refractivity contribution in [2.24, 2.45) is 0 Å². The van der Waals surface area contributed by atoms with Crippen LogP contribution < -0.4 is 10.6 Å². The number of nitrogens with one attached hydrogen (secondary N) is 2. The molecule has 0 atom stereocenters. The summed E-state index contributed by atoms with van der Waals surface area (Å²) in [7, 11) is 0. The van der Waals surface area contributed by atoms with Crippen LogP contribution in [0.15, 0.2) is 29.6 Å². The maximum absolute atomic E-state index is 13.1. The largest absolute Gasteiger partial charge is 0.356 e. The topological polar surface area (TPSA) is 91.4 Å². The highest BCUT2D eigenvalue weighted by molar-refractivity contribution is 7.13. The minimum Gasteiger partial charge on any atom is -0.356 e. The molecule has 1 aliphatic rings. The molecule has 3 rings (SSSR count). The first-order chi connectivity index (χ1) is 15.0. The maximum Gasteiger partial charge on any atom is 0.254 e. The van der Waals surface area contributed by atoms with Crippen LogP contribution in [0.1, 0.15) is 55.1 Å². The predicted octanol–water partition coefficient (Wildman–Crippen LogP) is 3.37. The summed E-state index contributed by atoms with van der Waals surface area (Å²) >= 11 is 1.24. The van der Waals surface area contributed by atoms with E-state index in [1.165, 1.54) is 40.5 Å². The monoisotopic (exact) mass is 446 g/mol. The standard InChI is InChI=1S/C22H27FN4O3S/c1-2-3-4-11-24-19(28)12-17-14-31-22(25-17)26-20(29)13-27(18-9-10-18)21(30)15-5-7-16(23)8-6-15/h5-8,14,18H,2-4,9-13H2,1H3,(H,24,28)(H,25,26,29). The Labute approximate surface area is 185 Å². The molecule has 7 nitrogen and oxygen atoms in total. The van der Waals surface area contributed by atoms with E-state index >= 15 is 0 Å². The van der Waals surface area contributed by atoms with Crippen LogP contribution in [0.3, 0.4) is 0 Å². The molecule has 0 aliphatic heterocycles. The average Bonchev–Trinajstić information content (AvgIpc) is 3.50. The summed E-state index contributed by atoms with van der Waals surface area (Å²) in [6, 6.07) is 5.33.